The predicted octanol–water partition coefficient (Wildman–Crippen LogP) is 0.312. The zero-order chi connectivity index (χ0) is 17.9. The van der Waals surface area contributed by atoms with Crippen molar-refractivity contribution in [3.8, 4) is 0 Å². The molecule has 9 heteroatoms. The quantitative estimate of drug-likeness (QED) is 0.412. The molecular weight excluding hydrogens is 501 g/mol. The van der Waals surface area contributed by atoms with Crippen molar-refractivity contribution in [3.63, 3.8) is 0 Å². The minimum atomic E-state index is -0.807. The van der Waals surface area contributed by atoms with Crippen LogP contribution in [0.25, 0.3) is 0 Å². The van der Waals surface area contributed by atoms with Crippen LogP contribution >= 0.6 is 0 Å². The Labute approximate surface area is 159 Å². The third-order valence-electron chi connectivity index (χ3n) is 3.73. The van der Waals surface area contributed by atoms with Crippen LogP contribution in [0.1, 0.15) is 19.3 Å². The maximum absolute atomic E-state index is 14.4. The van der Waals surface area contributed by atoms with Crippen LogP contribution < -0.4 is 10.6 Å². The number of hydrogen-bond donors (Lipinski definition) is 2. The van der Waals surface area contributed by atoms with Gasteiger partial charge < -0.3 is 19.7 Å². The molecule has 0 aromatic heterocycles. The summed E-state index contributed by atoms with van der Waals surface area (Å²) in [5.41, 5.74) is 0.423. The Morgan fingerprint density at radius 2 is 2.12 bits per heavy atom. The topological polar surface area (TPSA) is 87.7 Å². The molecule has 1 saturated heterocycles. The van der Waals surface area contributed by atoms with E-state index in [-0.39, 0.29) is 57.6 Å². The predicted molar refractivity (Wildman–Crippen MR) is 82.6 cm³/mol. The molecule has 136 valence electrons. The maximum atomic E-state index is 14.4. The number of hydrogen-bond acceptors (Lipinski definition) is 5. The first-order valence-corrected chi connectivity index (χ1v) is 7.42. The summed E-state index contributed by atoms with van der Waals surface area (Å²) in [7, 11) is 4.66. The fourth-order valence-electron chi connectivity index (χ4n) is 2.38. The molecule has 3 amide bonds. The van der Waals surface area contributed by atoms with Gasteiger partial charge in [-0.15, -0.1) is 6.08 Å². The molecule has 1 aliphatic heterocycles. The van der Waals surface area contributed by atoms with Crippen molar-refractivity contribution in [1.82, 2.24) is 15.5 Å². The van der Waals surface area contributed by atoms with Gasteiger partial charge in [-0.2, -0.15) is 0 Å². The molecule has 25 heavy (non-hydrogen) atoms. The van der Waals surface area contributed by atoms with Gasteiger partial charge in [0.1, 0.15) is 11.9 Å². The Bertz CT molecular complexity index is 670. The molecule has 1 heterocycles. The van der Waals surface area contributed by atoms with E-state index in [1.165, 1.54) is 13.2 Å². The average Bonchev–Trinajstić information content (AvgIpc) is 2.69. The maximum Gasteiger partial charge on any atom is 0.248 e. The van der Waals surface area contributed by atoms with Gasteiger partial charge in [-0.25, -0.2) is 0 Å². The molecule has 0 radical (unpaired) electrons. The monoisotopic (exact) mass is 520 g/mol. The Morgan fingerprint density at radius 1 is 1.44 bits per heavy atom. The number of carbonyl (C=O) groups is 3. The molecule has 2 N–H and O–H groups in total. The van der Waals surface area contributed by atoms with Crippen LogP contribution in [-0.2, 0) is 40.2 Å². The zero-order valence-electron chi connectivity index (χ0n) is 14.1. The Kier molecular flexibility index (Phi) is 7.55. The van der Waals surface area contributed by atoms with Gasteiger partial charge in [0.25, 0.3) is 0 Å². The molecule has 2 rings (SSSR count). The molecule has 2 aliphatic rings. The number of piperidine rings is 1. The van der Waals surface area contributed by atoms with Gasteiger partial charge in [-0.3, -0.25) is 19.3 Å². The smallest absolute Gasteiger partial charge is 0.248 e. The number of halogens is 1. The van der Waals surface area contributed by atoms with Crippen molar-refractivity contribution < 1.29 is 44.6 Å². The molecule has 0 spiro atoms. The van der Waals surface area contributed by atoms with E-state index in [0.29, 0.717) is 5.70 Å². The van der Waals surface area contributed by atoms with Crippen molar-refractivity contribution in [2.75, 3.05) is 21.2 Å². The molecule has 7 nitrogen and oxygen atoms in total. The van der Waals surface area contributed by atoms with E-state index in [2.05, 4.69) is 16.7 Å². The van der Waals surface area contributed by atoms with Gasteiger partial charge >= 0.3 is 0 Å². The van der Waals surface area contributed by atoms with E-state index in [1.807, 2.05) is 0 Å². The number of rotatable bonds is 4. The first-order valence-electron chi connectivity index (χ1n) is 7.42. The van der Waals surface area contributed by atoms with Crippen molar-refractivity contribution >= 4 is 17.7 Å². The molecule has 0 aromatic carbocycles. The molecule has 0 saturated carbocycles. The average molecular weight is 520 g/mol. The van der Waals surface area contributed by atoms with Crippen LogP contribution in [0.5, 0.6) is 0 Å². The summed E-state index contributed by atoms with van der Waals surface area (Å²) in [4.78, 5) is 36.8. The number of nitrogens with zero attached hydrogens (tertiary/aromatic N) is 1. The first-order chi connectivity index (χ1) is 11.3. The number of methoxy groups -OCH3 is 1. The van der Waals surface area contributed by atoms with Gasteiger partial charge in [0, 0.05) is 47.3 Å². The van der Waals surface area contributed by atoms with Crippen molar-refractivity contribution in [1.29, 1.82) is 0 Å². The summed E-state index contributed by atoms with van der Waals surface area (Å²) in [6.07, 6.45) is 4.67. The number of nitrogens with one attached hydrogen (secondary N) is 2. The second-order valence-corrected chi connectivity index (χ2v) is 5.61. The molecule has 0 aromatic rings. The number of carbonyl (C=O) groups excluding carboxylic acids is 3. The number of ether oxygens (including phenoxy) is 1. The Hall–Kier alpha value is -1.95. The number of allylic oxidation sites excluding steroid dienone is 2. The minimum Gasteiger partial charge on any atom is -0.513 e. The van der Waals surface area contributed by atoms with E-state index in [1.54, 1.807) is 19.0 Å². The molecule has 1 aliphatic carbocycles. The van der Waals surface area contributed by atoms with Gasteiger partial charge in [-0.1, -0.05) is 11.6 Å². The Balaban J connectivity index is 0.00000312. The summed E-state index contributed by atoms with van der Waals surface area (Å²) in [5.74, 6) is -2.27. The van der Waals surface area contributed by atoms with Crippen molar-refractivity contribution in [3.05, 3.63) is 35.0 Å². The summed E-state index contributed by atoms with van der Waals surface area (Å²) >= 11 is 0. The number of amides is 3. The van der Waals surface area contributed by atoms with Crippen LogP contribution in [0.4, 0.5) is 4.39 Å². The summed E-state index contributed by atoms with van der Waals surface area (Å²) in [5, 5.41) is 4.69. The standard InChI is InChI=1S/C16H19FN3O4.W/c1-20(2)11-6-4-9(8-12(24-3)14(11)17)15(22)18-10-5-7-13(21)19-16(10)23;/h4,10H,5-7H2,1-3H3,(H,18,22)(H,19,21,23);/q-1;. The molecular formula is C16H19FN3O4W-. The van der Waals surface area contributed by atoms with E-state index in [9.17, 15) is 18.8 Å². The Morgan fingerprint density at radius 3 is 2.68 bits per heavy atom. The molecule has 1 unspecified atom stereocenters. The normalized spacial score (nSPS) is 20.6. The van der Waals surface area contributed by atoms with Crippen molar-refractivity contribution in [2.45, 2.75) is 25.3 Å². The van der Waals surface area contributed by atoms with E-state index in [0.717, 1.165) is 0 Å². The van der Waals surface area contributed by atoms with Crippen LogP contribution in [-0.4, -0.2) is 49.9 Å². The molecule has 1 fully saturated rings. The molecule has 0 bridgehead atoms. The van der Waals surface area contributed by atoms with Crippen LogP contribution in [0.3, 0.4) is 0 Å². The van der Waals surface area contributed by atoms with Gasteiger partial charge in [0.05, 0.1) is 12.9 Å². The van der Waals surface area contributed by atoms with E-state index in [4.69, 9.17) is 4.74 Å². The summed E-state index contributed by atoms with van der Waals surface area (Å²) < 4.78 is 19.3. The molecule has 1 atom stereocenters. The number of imide groups is 1. The second-order valence-electron chi connectivity index (χ2n) is 5.61. The minimum absolute atomic E-state index is 0. The zero-order valence-corrected chi connectivity index (χ0v) is 17.1. The van der Waals surface area contributed by atoms with Gasteiger partial charge in [0.2, 0.25) is 11.8 Å². The second kappa shape index (κ2) is 8.94. The van der Waals surface area contributed by atoms with E-state index >= 15 is 0 Å². The van der Waals surface area contributed by atoms with Gasteiger partial charge in [-0.05, 0) is 12.8 Å². The van der Waals surface area contributed by atoms with Gasteiger partial charge in [0.15, 0.2) is 5.91 Å². The summed E-state index contributed by atoms with van der Waals surface area (Å²) in [6, 6.07) is -0.807. The third kappa shape index (κ3) is 5.01. The van der Waals surface area contributed by atoms with Crippen LogP contribution in [0.15, 0.2) is 28.9 Å². The third-order valence-corrected chi connectivity index (χ3v) is 3.73. The van der Waals surface area contributed by atoms with Crippen LogP contribution in [0, 0.1) is 6.08 Å². The first kappa shape index (κ1) is 21.1. The SMILES string of the molecule is COC1=[C-]C(C(=O)NC2CCC(=O)NC2=O)=CCC(N(C)C)=C1F.[W]. The fourth-order valence-corrected chi connectivity index (χ4v) is 2.38. The van der Waals surface area contributed by atoms with Crippen LogP contribution in [0.2, 0.25) is 0 Å². The van der Waals surface area contributed by atoms with E-state index < -0.39 is 23.7 Å². The summed E-state index contributed by atoms with van der Waals surface area (Å²) in [6.45, 7) is 0. The largest absolute Gasteiger partial charge is 0.513 e. The van der Waals surface area contributed by atoms with Crippen molar-refractivity contribution in [2.24, 2.45) is 0 Å². The fraction of sp³-hybridized carbons (Fsp3) is 0.438.